The van der Waals surface area contributed by atoms with Gasteiger partial charge in [-0.1, -0.05) is 19.3 Å². The highest BCUT2D eigenvalue weighted by Crippen LogP contribution is 2.44. The molecular formula is C15H29NO. The van der Waals surface area contributed by atoms with Gasteiger partial charge in [0.25, 0.3) is 0 Å². The lowest BCUT2D eigenvalue weighted by Crippen LogP contribution is -2.42. The summed E-state index contributed by atoms with van der Waals surface area (Å²) in [4.78, 5) is 2.55. The Hall–Kier alpha value is -0.0800. The fourth-order valence-electron chi connectivity index (χ4n) is 3.48. The average molecular weight is 239 g/mol. The van der Waals surface area contributed by atoms with E-state index in [0.29, 0.717) is 5.41 Å². The van der Waals surface area contributed by atoms with Crippen molar-refractivity contribution in [3.63, 3.8) is 0 Å². The van der Waals surface area contributed by atoms with Crippen LogP contribution >= 0.6 is 0 Å². The summed E-state index contributed by atoms with van der Waals surface area (Å²) >= 11 is 0. The zero-order valence-corrected chi connectivity index (χ0v) is 11.7. The quantitative estimate of drug-likeness (QED) is 0.817. The van der Waals surface area contributed by atoms with E-state index in [1.807, 2.05) is 13.8 Å². The highest BCUT2D eigenvalue weighted by atomic mass is 16.3. The second-order valence-corrected chi connectivity index (χ2v) is 6.96. The third-order valence-electron chi connectivity index (χ3n) is 4.87. The molecule has 1 saturated heterocycles. The number of nitrogens with zero attached hydrogens (tertiary/aromatic N) is 1. The smallest absolute Gasteiger partial charge is 0.0603 e. The topological polar surface area (TPSA) is 23.5 Å². The van der Waals surface area contributed by atoms with Gasteiger partial charge in [-0.05, 0) is 64.5 Å². The molecule has 0 aromatic heterocycles. The Balaban J connectivity index is 1.74. The molecule has 2 fully saturated rings. The number of aliphatic hydroxyl groups is 1. The van der Waals surface area contributed by atoms with Crippen LogP contribution in [0.4, 0.5) is 0 Å². The Bertz CT molecular complexity index is 228. The van der Waals surface area contributed by atoms with Crippen LogP contribution in [0.5, 0.6) is 0 Å². The molecule has 0 amide bonds. The maximum Gasteiger partial charge on any atom is 0.0603 e. The van der Waals surface area contributed by atoms with E-state index in [-0.39, 0.29) is 0 Å². The summed E-state index contributed by atoms with van der Waals surface area (Å²) in [7, 11) is 0. The lowest BCUT2D eigenvalue weighted by molar-refractivity contribution is 0.0323. The first-order chi connectivity index (χ1) is 7.99. The van der Waals surface area contributed by atoms with Gasteiger partial charge in [0, 0.05) is 6.54 Å². The van der Waals surface area contributed by atoms with Crippen LogP contribution in [0.15, 0.2) is 0 Å². The largest absolute Gasteiger partial charge is 0.390 e. The molecule has 1 saturated carbocycles. The monoisotopic (exact) mass is 239 g/mol. The van der Waals surface area contributed by atoms with Crippen LogP contribution in [0.1, 0.15) is 65.2 Å². The molecule has 0 aromatic rings. The van der Waals surface area contributed by atoms with Gasteiger partial charge in [-0.25, -0.2) is 0 Å². The SMILES string of the molecule is CC(C)(O)CCN1CCC2(CCCCC2)CC1. The van der Waals surface area contributed by atoms with E-state index >= 15 is 0 Å². The van der Waals surface area contributed by atoms with Crippen LogP contribution < -0.4 is 0 Å². The minimum atomic E-state index is -0.500. The molecule has 0 bridgehead atoms. The van der Waals surface area contributed by atoms with Crippen molar-refractivity contribution in [1.29, 1.82) is 0 Å². The molecule has 1 aliphatic heterocycles. The highest BCUT2D eigenvalue weighted by molar-refractivity contribution is 4.88. The van der Waals surface area contributed by atoms with E-state index in [1.54, 1.807) is 0 Å². The van der Waals surface area contributed by atoms with Crippen LogP contribution in [0.25, 0.3) is 0 Å². The van der Waals surface area contributed by atoms with Gasteiger partial charge in [-0.2, -0.15) is 0 Å². The van der Waals surface area contributed by atoms with Crippen molar-refractivity contribution in [2.75, 3.05) is 19.6 Å². The van der Waals surface area contributed by atoms with Crippen molar-refractivity contribution >= 4 is 0 Å². The van der Waals surface area contributed by atoms with Gasteiger partial charge >= 0.3 is 0 Å². The molecule has 1 spiro atoms. The number of rotatable bonds is 3. The Morgan fingerprint density at radius 3 is 2.12 bits per heavy atom. The zero-order valence-electron chi connectivity index (χ0n) is 11.7. The van der Waals surface area contributed by atoms with Crippen LogP contribution in [-0.4, -0.2) is 35.2 Å². The van der Waals surface area contributed by atoms with Crippen LogP contribution in [0, 0.1) is 5.41 Å². The number of piperidine rings is 1. The Labute approximate surface area is 106 Å². The molecule has 0 aromatic carbocycles. The minimum Gasteiger partial charge on any atom is -0.390 e. The van der Waals surface area contributed by atoms with E-state index < -0.39 is 5.60 Å². The van der Waals surface area contributed by atoms with Crippen molar-refractivity contribution in [2.24, 2.45) is 5.41 Å². The number of hydrogen-bond acceptors (Lipinski definition) is 2. The predicted octanol–water partition coefficient (Wildman–Crippen LogP) is 3.19. The van der Waals surface area contributed by atoms with E-state index in [9.17, 15) is 5.11 Å². The van der Waals surface area contributed by atoms with Crippen LogP contribution in [0.2, 0.25) is 0 Å². The Morgan fingerprint density at radius 1 is 1.00 bits per heavy atom. The number of hydrogen-bond donors (Lipinski definition) is 1. The second-order valence-electron chi connectivity index (χ2n) is 6.96. The first-order valence-electron chi connectivity index (χ1n) is 7.44. The molecular weight excluding hydrogens is 210 g/mol. The molecule has 1 aliphatic carbocycles. The molecule has 100 valence electrons. The second kappa shape index (κ2) is 5.27. The van der Waals surface area contributed by atoms with E-state index in [1.165, 1.54) is 58.0 Å². The van der Waals surface area contributed by atoms with Gasteiger partial charge in [0.05, 0.1) is 5.60 Å². The first-order valence-corrected chi connectivity index (χ1v) is 7.44. The van der Waals surface area contributed by atoms with Gasteiger partial charge < -0.3 is 10.0 Å². The fourth-order valence-corrected chi connectivity index (χ4v) is 3.48. The molecule has 0 atom stereocenters. The Morgan fingerprint density at radius 2 is 1.59 bits per heavy atom. The summed E-state index contributed by atoms with van der Waals surface area (Å²) in [5.74, 6) is 0. The summed E-state index contributed by atoms with van der Waals surface area (Å²) in [5, 5.41) is 9.76. The molecule has 0 unspecified atom stereocenters. The Kier molecular flexibility index (Phi) is 4.14. The van der Waals surface area contributed by atoms with Crippen LogP contribution in [0.3, 0.4) is 0 Å². The lowest BCUT2D eigenvalue weighted by atomic mass is 9.68. The predicted molar refractivity (Wildman–Crippen MR) is 72.1 cm³/mol. The van der Waals surface area contributed by atoms with E-state index in [2.05, 4.69) is 4.90 Å². The third-order valence-corrected chi connectivity index (χ3v) is 4.87. The molecule has 17 heavy (non-hydrogen) atoms. The minimum absolute atomic E-state index is 0.500. The lowest BCUT2D eigenvalue weighted by Gasteiger charge is -2.44. The number of likely N-dealkylation sites (tertiary alicyclic amines) is 1. The normalized spacial score (nSPS) is 26.3. The summed E-state index contributed by atoms with van der Waals surface area (Å²) in [6, 6.07) is 0. The summed E-state index contributed by atoms with van der Waals surface area (Å²) < 4.78 is 0. The highest BCUT2D eigenvalue weighted by Gasteiger charge is 2.35. The van der Waals surface area contributed by atoms with Gasteiger partial charge in [-0.15, -0.1) is 0 Å². The van der Waals surface area contributed by atoms with Crippen molar-refractivity contribution in [3.05, 3.63) is 0 Å². The summed E-state index contributed by atoms with van der Waals surface area (Å²) in [6.45, 7) is 7.42. The van der Waals surface area contributed by atoms with Crippen molar-refractivity contribution < 1.29 is 5.11 Å². The average Bonchev–Trinajstić information content (AvgIpc) is 2.29. The molecule has 0 radical (unpaired) electrons. The molecule has 2 aliphatic rings. The van der Waals surface area contributed by atoms with Gasteiger partial charge in [0.2, 0.25) is 0 Å². The molecule has 1 heterocycles. The first kappa shape index (κ1) is 13.4. The zero-order chi connectivity index (χ0) is 12.4. The fraction of sp³-hybridized carbons (Fsp3) is 1.00. The molecule has 2 rings (SSSR count). The molecule has 2 heteroatoms. The maximum absolute atomic E-state index is 9.76. The van der Waals surface area contributed by atoms with E-state index in [4.69, 9.17) is 0 Å². The standard InChI is InChI=1S/C15H29NO/c1-14(2,17)8-11-16-12-9-15(10-13-16)6-4-3-5-7-15/h17H,3-13H2,1-2H3. The van der Waals surface area contributed by atoms with E-state index in [0.717, 1.165) is 13.0 Å². The van der Waals surface area contributed by atoms with Gasteiger partial charge in [0.15, 0.2) is 0 Å². The van der Waals surface area contributed by atoms with Crippen molar-refractivity contribution in [2.45, 2.75) is 70.8 Å². The summed E-state index contributed by atoms with van der Waals surface area (Å²) in [6.07, 6.45) is 11.0. The third kappa shape index (κ3) is 3.96. The van der Waals surface area contributed by atoms with Gasteiger partial charge in [-0.3, -0.25) is 0 Å². The van der Waals surface area contributed by atoms with Gasteiger partial charge in [0.1, 0.15) is 0 Å². The van der Waals surface area contributed by atoms with Crippen LogP contribution in [-0.2, 0) is 0 Å². The van der Waals surface area contributed by atoms with Crippen molar-refractivity contribution in [1.82, 2.24) is 4.90 Å². The maximum atomic E-state index is 9.76. The molecule has 2 nitrogen and oxygen atoms in total. The summed E-state index contributed by atoms with van der Waals surface area (Å²) in [5.41, 5.74) is 0.212. The molecule has 1 N–H and O–H groups in total. The van der Waals surface area contributed by atoms with Crippen molar-refractivity contribution in [3.8, 4) is 0 Å².